The monoisotopic (exact) mass is 252 g/mol. The van der Waals surface area contributed by atoms with Gasteiger partial charge in [-0.3, -0.25) is 0 Å². The molecule has 0 unspecified atom stereocenters. The lowest BCUT2D eigenvalue weighted by atomic mass is 10.0. The first kappa shape index (κ1) is 12.7. The van der Waals surface area contributed by atoms with Crippen LogP contribution in [0.15, 0.2) is 24.3 Å². The number of rotatable bonds is 4. The summed E-state index contributed by atoms with van der Waals surface area (Å²) in [6.45, 7) is 5.92. The van der Waals surface area contributed by atoms with E-state index in [2.05, 4.69) is 23.2 Å². The zero-order valence-electron chi connectivity index (χ0n) is 10.5. The predicted molar refractivity (Wildman–Crippen MR) is 74.8 cm³/mol. The van der Waals surface area contributed by atoms with Crippen molar-refractivity contribution < 1.29 is 0 Å². The largest absolute Gasteiger partial charge is 0.382 e. The molecule has 2 nitrogen and oxygen atoms in total. The Hall–Kier alpha value is -0.730. The molecule has 1 aliphatic heterocycles. The molecule has 1 N–H and O–H groups in total. The van der Waals surface area contributed by atoms with Crippen molar-refractivity contribution in [1.29, 1.82) is 0 Å². The van der Waals surface area contributed by atoms with E-state index in [1.54, 1.807) is 0 Å². The van der Waals surface area contributed by atoms with E-state index in [0.29, 0.717) is 6.04 Å². The molecular weight excluding hydrogens is 232 g/mol. The van der Waals surface area contributed by atoms with Crippen molar-refractivity contribution in [2.45, 2.75) is 32.2 Å². The summed E-state index contributed by atoms with van der Waals surface area (Å²) in [4.78, 5) is 2.55. The lowest BCUT2D eigenvalue weighted by molar-refractivity contribution is 0.219. The van der Waals surface area contributed by atoms with Gasteiger partial charge in [0.1, 0.15) is 0 Å². The quantitative estimate of drug-likeness (QED) is 0.881. The maximum absolute atomic E-state index is 5.98. The summed E-state index contributed by atoms with van der Waals surface area (Å²) < 4.78 is 0. The van der Waals surface area contributed by atoms with Crippen LogP contribution in [0.3, 0.4) is 0 Å². The highest BCUT2D eigenvalue weighted by Gasteiger charge is 2.18. The van der Waals surface area contributed by atoms with Gasteiger partial charge in [-0.2, -0.15) is 0 Å². The molecule has 1 aliphatic rings. The van der Waals surface area contributed by atoms with Crippen molar-refractivity contribution in [2.24, 2.45) is 0 Å². The first-order valence-corrected chi connectivity index (χ1v) is 6.90. The van der Waals surface area contributed by atoms with E-state index in [-0.39, 0.29) is 0 Å². The first-order chi connectivity index (χ1) is 8.28. The number of likely N-dealkylation sites (tertiary alicyclic amines) is 1. The molecule has 3 heteroatoms. The van der Waals surface area contributed by atoms with Crippen LogP contribution in [-0.2, 0) is 0 Å². The third-order valence-corrected chi connectivity index (χ3v) is 3.56. The average molecular weight is 253 g/mol. The van der Waals surface area contributed by atoms with Crippen LogP contribution in [0.1, 0.15) is 26.2 Å². The molecule has 2 rings (SSSR count). The minimum atomic E-state index is 0.599. The molecule has 1 aromatic rings. The molecule has 0 saturated carbocycles. The summed E-state index contributed by atoms with van der Waals surface area (Å²) >= 11 is 5.98. The Morgan fingerprint density at radius 3 is 2.76 bits per heavy atom. The van der Waals surface area contributed by atoms with Gasteiger partial charge in [0.05, 0.1) is 0 Å². The third kappa shape index (κ3) is 3.90. The molecule has 0 aromatic heterocycles. The first-order valence-electron chi connectivity index (χ1n) is 6.52. The number of piperidine rings is 1. The van der Waals surface area contributed by atoms with E-state index in [1.807, 2.05) is 18.2 Å². The van der Waals surface area contributed by atoms with E-state index in [9.17, 15) is 0 Å². The summed E-state index contributed by atoms with van der Waals surface area (Å²) in [6.07, 6.45) is 3.71. The van der Waals surface area contributed by atoms with Crippen molar-refractivity contribution in [3.63, 3.8) is 0 Å². The molecule has 17 heavy (non-hydrogen) atoms. The Morgan fingerprint density at radius 1 is 1.35 bits per heavy atom. The van der Waals surface area contributed by atoms with Gasteiger partial charge in [0.2, 0.25) is 0 Å². The number of hydrogen-bond acceptors (Lipinski definition) is 2. The number of halogens is 1. The molecule has 94 valence electrons. The van der Waals surface area contributed by atoms with Crippen LogP contribution in [-0.4, -0.2) is 30.6 Å². The topological polar surface area (TPSA) is 15.3 Å². The Morgan fingerprint density at radius 2 is 2.12 bits per heavy atom. The number of anilines is 1. The minimum Gasteiger partial charge on any atom is -0.382 e. The normalized spacial score (nSPS) is 18.2. The second-order valence-corrected chi connectivity index (χ2v) is 5.21. The molecule has 1 aromatic carbocycles. The zero-order chi connectivity index (χ0) is 12.1. The van der Waals surface area contributed by atoms with Crippen molar-refractivity contribution >= 4 is 17.3 Å². The van der Waals surface area contributed by atoms with E-state index < -0.39 is 0 Å². The van der Waals surface area contributed by atoms with Gasteiger partial charge in [-0.15, -0.1) is 0 Å². The van der Waals surface area contributed by atoms with Gasteiger partial charge in [0.15, 0.2) is 0 Å². The molecular formula is C14H21ClN2. The van der Waals surface area contributed by atoms with E-state index in [0.717, 1.165) is 10.7 Å². The second-order valence-electron chi connectivity index (χ2n) is 4.77. The molecule has 1 fully saturated rings. The van der Waals surface area contributed by atoms with Gasteiger partial charge < -0.3 is 10.2 Å². The zero-order valence-corrected chi connectivity index (χ0v) is 11.2. The Labute approximate surface area is 109 Å². The summed E-state index contributed by atoms with van der Waals surface area (Å²) in [5.74, 6) is 0. The van der Waals surface area contributed by atoms with Crippen LogP contribution in [0.5, 0.6) is 0 Å². The van der Waals surface area contributed by atoms with Gasteiger partial charge in [0.25, 0.3) is 0 Å². The van der Waals surface area contributed by atoms with E-state index in [4.69, 9.17) is 11.6 Å². The predicted octanol–water partition coefficient (Wildman–Crippen LogP) is 3.63. The highest BCUT2D eigenvalue weighted by molar-refractivity contribution is 6.30. The second kappa shape index (κ2) is 6.27. The standard InChI is InChI=1S/C14H21ClN2/c1-2-8-17-9-6-13(7-10-17)16-14-5-3-4-12(15)11-14/h3-5,11,13,16H,2,6-10H2,1H3. The van der Waals surface area contributed by atoms with Gasteiger partial charge in [-0.1, -0.05) is 24.6 Å². The van der Waals surface area contributed by atoms with Crippen LogP contribution >= 0.6 is 11.6 Å². The van der Waals surface area contributed by atoms with Crippen molar-refractivity contribution in [3.05, 3.63) is 29.3 Å². The molecule has 1 saturated heterocycles. The third-order valence-electron chi connectivity index (χ3n) is 3.32. The lowest BCUT2D eigenvalue weighted by Crippen LogP contribution is -2.39. The SMILES string of the molecule is CCCN1CCC(Nc2cccc(Cl)c2)CC1. The fourth-order valence-corrected chi connectivity index (χ4v) is 2.62. The van der Waals surface area contributed by atoms with Crippen LogP contribution in [0.2, 0.25) is 5.02 Å². The minimum absolute atomic E-state index is 0.599. The highest BCUT2D eigenvalue weighted by atomic mass is 35.5. The smallest absolute Gasteiger partial charge is 0.0426 e. The molecule has 0 aliphatic carbocycles. The van der Waals surface area contributed by atoms with E-state index >= 15 is 0 Å². The highest BCUT2D eigenvalue weighted by Crippen LogP contribution is 2.19. The number of nitrogens with one attached hydrogen (secondary N) is 1. The van der Waals surface area contributed by atoms with Gasteiger partial charge in [-0.25, -0.2) is 0 Å². The molecule has 0 amide bonds. The molecule has 0 atom stereocenters. The summed E-state index contributed by atoms with van der Waals surface area (Å²) in [5.41, 5.74) is 1.14. The number of benzene rings is 1. The maximum Gasteiger partial charge on any atom is 0.0426 e. The Balaban J connectivity index is 1.82. The molecule has 0 spiro atoms. The lowest BCUT2D eigenvalue weighted by Gasteiger charge is -2.32. The van der Waals surface area contributed by atoms with E-state index in [1.165, 1.54) is 38.9 Å². The van der Waals surface area contributed by atoms with Gasteiger partial charge in [-0.05, 0) is 44.0 Å². The van der Waals surface area contributed by atoms with Crippen molar-refractivity contribution in [2.75, 3.05) is 25.0 Å². The number of nitrogens with zero attached hydrogens (tertiary/aromatic N) is 1. The fourth-order valence-electron chi connectivity index (χ4n) is 2.43. The Bertz CT molecular complexity index is 346. The molecule has 0 radical (unpaired) electrons. The van der Waals surface area contributed by atoms with Crippen LogP contribution in [0, 0.1) is 0 Å². The number of hydrogen-bond donors (Lipinski definition) is 1. The summed E-state index contributed by atoms with van der Waals surface area (Å²) in [5, 5.41) is 4.38. The molecule has 0 bridgehead atoms. The maximum atomic E-state index is 5.98. The summed E-state index contributed by atoms with van der Waals surface area (Å²) in [6, 6.07) is 8.60. The van der Waals surface area contributed by atoms with Gasteiger partial charge in [0, 0.05) is 29.8 Å². The van der Waals surface area contributed by atoms with Crippen LogP contribution in [0.25, 0.3) is 0 Å². The van der Waals surface area contributed by atoms with Crippen molar-refractivity contribution in [3.8, 4) is 0 Å². The Kier molecular flexibility index (Phi) is 4.69. The van der Waals surface area contributed by atoms with Crippen molar-refractivity contribution in [1.82, 2.24) is 4.90 Å². The summed E-state index contributed by atoms with van der Waals surface area (Å²) in [7, 11) is 0. The fraction of sp³-hybridized carbons (Fsp3) is 0.571. The molecule has 1 heterocycles. The van der Waals surface area contributed by atoms with Crippen LogP contribution < -0.4 is 5.32 Å². The van der Waals surface area contributed by atoms with Crippen LogP contribution in [0.4, 0.5) is 5.69 Å². The average Bonchev–Trinajstić information content (AvgIpc) is 2.32. The van der Waals surface area contributed by atoms with Gasteiger partial charge >= 0.3 is 0 Å².